The Morgan fingerprint density at radius 2 is 0.607 bits per heavy atom. The zero-order valence-electron chi connectivity index (χ0n) is 41.5. The van der Waals surface area contributed by atoms with Crippen LogP contribution in [0.5, 0.6) is 0 Å². The van der Waals surface area contributed by atoms with Gasteiger partial charge < -0.3 is 0 Å². The van der Waals surface area contributed by atoms with Gasteiger partial charge in [-0.25, -0.2) is 0 Å². The molecule has 0 saturated heterocycles. The van der Waals surface area contributed by atoms with E-state index in [-0.39, 0.29) is 13.6 Å². The van der Waals surface area contributed by atoms with Gasteiger partial charge in [-0.3, -0.25) is 0 Å². The average Bonchev–Trinajstić information content (AvgIpc) is 3.22. The molecule has 0 radical (unpaired) electrons. The summed E-state index contributed by atoms with van der Waals surface area (Å²) in [5.74, 6) is 1.34. The molecule has 0 aromatic carbocycles. The SMILES string of the molecule is CCCCCC(=CCCCCC(O[PH](O)(O)[Ni][PH](O)(O)OC(CCCCC=C(CCCC)CCCCC)=C(CCCC)CCCCC)=C(CCCC)CCCCC)CCCC. The van der Waals surface area contributed by atoms with Crippen LogP contribution in [0.25, 0.3) is 0 Å². The van der Waals surface area contributed by atoms with E-state index in [1.165, 1.54) is 89.9 Å². The summed E-state index contributed by atoms with van der Waals surface area (Å²) >= 11 is 0.142. The quantitative estimate of drug-likeness (QED) is 0.0160. The minimum absolute atomic E-state index is 0.142. The van der Waals surface area contributed by atoms with Crippen molar-refractivity contribution in [3.8, 4) is 0 Å². The summed E-state index contributed by atoms with van der Waals surface area (Å²) in [7, 11) is 0. The van der Waals surface area contributed by atoms with Crippen LogP contribution in [-0.4, -0.2) is 19.6 Å². The molecule has 0 aromatic heterocycles. The van der Waals surface area contributed by atoms with Crippen molar-refractivity contribution in [1.29, 1.82) is 0 Å². The van der Waals surface area contributed by atoms with Crippen LogP contribution in [0.1, 0.15) is 287 Å². The van der Waals surface area contributed by atoms with Gasteiger partial charge in [0.25, 0.3) is 0 Å². The van der Waals surface area contributed by atoms with Crippen LogP contribution in [0.15, 0.2) is 46.0 Å². The van der Waals surface area contributed by atoms with Gasteiger partial charge in [0.15, 0.2) is 0 Å². The molecular weight excluding hydrogens is 841 g/mol. The number of unbranched alkanes of at least 4 members (excludes halogenated alkanes) is 16. The first-order valence-electron chi connectivity index (χ1n) is 26.1. The summed E-state index contributed by atoms with van der Waals surface area (Å²) in [6.07, 6.45) is 43.4. The van der Waals surface area contributed by atoms with Crippen LogP contribution in [-0.2, 0) is 22.6 Å². The number of hydrogen-bond donors (Lipinski definition) is 4. The molecule has 4 N–H and O–H groups in total. The Morgan fingerprint density at radius 1 is 0.344 bits per heavy atom. The van der Waals surface area contributed by atoms with Gasteiger partial charge in [0.05, 0.1) is 0 Å². The van der Waals surface area contributed by atoms with Crippen molar-refractivity contribution >= 4 is 13.4 Å². The predicted molar refractivity (Wildman–Crippen MR) is 269 cm³/mol. The normalized spacial score (nSPS) is 14.4. The first-order valence-corrected chi connectivity index (χ1v) is 32.3. The molecule has 0 aliphatic carbocycles. The molecule has 0 spiro atoms. The number of allylic oxidation sites excluding steroid dienone is 8. The Hall–Kier alpha value is -0.246. The van der Waals surface area contributed by atoms with Gasteiger partial charge in [0.1, 0.15) is 0 Å². The van der Waals surface area contributed by atoms with Gasteiger partial charge in [-0.05, 0) is 0 Å². The van der Waals surface area contributed by atoms with E-state index in [0.29, 0.717) is 24.4 Å². The fourth-order valence-corrected chi connectivity index (χ4v) is 15.8. The molecule has 61 heavy (non-hydrogen) atoms. The van der Waals surface area contributed by atoms with Crippen molar-refractivity contribution in [3.05, 3.63) is 46.0 Å². The Morgan fingerprint density at radius 3 is 0.934 bits per heavy atom. The van der Waals surface area contributed by atoms with E-state index < -0.39 is 13.4 Å². The third-order valence-electron chi connectivity index (χ3n) is 11.8. The molecule has 0 saturated carbocycles. The van der Waals surface area contributed by atoms with Gasteiger partial charge in [-0.1, -0.05) is 13.8 Å². The van der Waals surface area contributed by atoms with Crippen LogP contribution in [0.3, 0.4) is 0 Å². The van der Waals surface area contributed by atoms with Crippen molar-refractivity contribution in [3.63, 3.8) is 0 Å². The maximum atomic E-state index is 11.6. The van der Waals surface area contributed by atoms with Crippen molar-refractivity contribution < 1.29 is 42.2 Å². The minimum atomic E-state index is -4.64. The number of rotatable bonds is 44. The summed E-state index contributed by atoms with van der Waals surface area (Å²) in [5, 5.41) is 0. The van der Waals surface area contributed by atoms with E-state index >= 15 is 0 Å². The van der Waals surface area contributed by atoms with Gasteiger partial charge in [-0.15, -0.1) is 0 Å². The molecule has 0 aliphatic rings. The molecule has 6 nitrogen and oxygen atoms in total. The molecule has 0 bridgehead atoms. The van der Waals surface area contributed by atoms with E-state index in [2.05, 4.69) is 67.5 Å². The van der Waals surface area contributed by atoms with Crippen molar-refractivity contribution in [2.75, 3.05) is 0 Å². The van der Waals surface area contributed by atoms with Gasteiger partial charge in [-0.2, -0.15) is 0 Å². The molecule has 368 valence electrons. The molecule has 0 atom stereocenters. The first kappa shape index (κ1) is 60.8. The zero-order valence-corrected chi connectivity index (χ0v) is 44.5. The Labute approximate surface area is 386 Å². The topological polar surface area (TPSA) is 99.4 Å². The fourth-order valence-electron chi connectivity index (χ4n) is 7.97. The van der Waals surface area contributed by atoms with Gasteiger partial charge in [0.2, 0.25) is 0 Å². The second-order valence-corrected chi connectivity index (χ2v) is 26.8. The molecule has 0 aliphatic heterocycles. The zero-order chi connectivity index (χ0) is 45.5. The van der Waals surface area contributed by atoms with Crippen molar-refractivity contribution in [2.45, 2.75) is 287 Å². The standard InChI is InChI=1S/2C26H52O3P.Ni/c2*1-5-9-14-19-24(18-11-7-3)20-16-13-17-23-26(29-30(27)28)25(21-12-8-4)22-15-10-6-2;/h2*20,27-28,30H,5-19,21-23H2,1-4H3;/q2*+1;-2. The van der Waals surface area contributed by atoms with Crippen molar-refractivity contribution in [1.82, 2.24) is 0 Å². The summed E-state index contributed by atoms with van der Waals surface area (Å²) in [6, 6.07) is 0. The third-order valence-corrected chi connectivity index (χ3v) is 20.8. The van der Waals surface area contributed by atoms with Gasteiger partial charge >= 0.3 is 374 Å². The van der Waals surface area contributed by atoms with Crippen LogP contribution in [0, 0.1) is 0 Å². The van der Waals surface area contributed by atoms with E-state index in [9.17, 15) is 19.6 Å². The predicted octanol–water partition coefficient (Wildman–Crippen LogP) is 18.5. The van der Waals surface area contributed by atoms with Gasteiger partial charge in [0, 0.05) is 0 Å². The summed E-state index contributed by atoms with van der Waals surface area (Å²) in [6.45, 7) is 8.57. The van der Waals surface area contributed by atoms with Crippen LogP contribution in [0.4, 0.5) is 0 Å². The Bertz CT molecular complexity index is 1080. The molecule has 9 heteroatoms. The molecule has 0 fully saturated rings. The molecule has 0 heterocycles. The second-order valence-electron chi connectivity index (χ2n) is 17.8. The summed E-state index contributed by atoms with van der Waals surface area (Å²) < 4.78 is 12.6. The van der Waals surface area contributed by atoms with E-state index in [0.717, 1.165) is 140 Å². The Kier molecular flexibility index (Phi) is 41.0. The monoisotopic (exact) mass is 945 g/mol. The molecular formula is C52H104NiO6P2. The molecule has 0 unspecified atom stereocenters. The molecule has 0 amide bonds. The first-order chi connectivity index (χ1) is 29.5. The Balaban J connectivity index is 6.34. The fraction of sp³-hybridized carbons (Fsp3) is 0.846. The van der Waals surface area contributed by atoms with E-state index in [1.54, 1.807) is 11.1 Å². The van der Waals surface area contributed by atoms with E-state index in [1.807, 2.05) is 0 Å². The maximum absolute atomic E-state index is 11.6. The third kappa shape index (κ3) is 34.7. The molecule has 0 rings (SSSR count). The van der Waals surface area contributed by atoms with Crippen molar-refractivity contribution in [2.24, 2.45) is 0 Å². The second kappa shape index (κ2) is 41.2. The summed E-state index contributed by atoms with van der Waals surface area (Å²) in [4.78, 5) is 46.6. The average molecular weight is 946 g/mol. The van der Waals surface area contributed by atoms with Crippen LogP contribution >= 0.6 is 13.4 Å². The molecule has 0 aromatic rings. The van der Waals surface area contributed by atoms with E-state index in [4.69, 9.17) is 9.05 Å². The number of hydrogen-bond acceptors (Lipinski definition) is 6. The summed E-state index contributed by atoms with van der Waals surface area (Å²) in [5.41, 5.74) is 5.51. The van der Waals surface area contributed by atoms with Crippen LogP contribution < -0.4 is 0 Å². The van der Waals surface area contributed by atoms with Crippen LogP contribution in [0.2, 0.25) is 0 Å².